The fourth-order valence-electron chi connectivity index (χ4n) is 2.80. The van der Waals surface area contributed by atoms with Gasteiger partial charge in [0.2, 0.25) is 0 Å². The lowest BCUT2D eigenvalue weighted by Gasteiger charge is -2.11. The van der Waals surface area contributed by atoms with E-state index in [0.29, 0.717) is 24.4 Å². The lowest BCUT2D eigenvalue weighted by Crippen LogP contribution is -2.11. The molecule has 140 valence electrons. The summed E-state index contributed by atoms with van der Waals surface area (Å²) in [6.45, 7) is 3.19. The van der Waals surface area contributed by atoms with Gasteiger partial charge in [-0.05, 0) is 49.1 Å². The Bertz CT molecular complexity index is 901. The van der Waals surface area contributed by atoms with Gasteiger partial charge in [0.25, 0.3) is 0 Å². The largest absolute Gasteiger partial charge is 0.370 e. The van der Waals surface area contributed by atoms with E-state index in [1.54, 1.807) is 12.1 Å². The summed E-state index contributed by atoms with van der Waals surface area (Å²) in [5, 5.41) is 7.30. The highest BCUT2D eigenvalue weighted by Gasteiger charge is 2.04. The second kappa shape index (κ2) is 9.33. The van der Waals surface area contributed by atoms with Gasteiger partial charge >= 0.3 is 0 Å². The molecular formula is C21H22ClFN4. The van der Waals surface area contributed by atoms with E-state index in [2.05, 4.69) is 26.7 Å². The number of halogens is 2. The zero-order chi connectivity index (χ0) is 19.1. The minimum atomic E-state index is -0.179. The molecule has 27 heavy (non-hydrogen) atoms. The van der Waals surface area contributed by atoms with E-state index in [4.69, 9.17) is 11.6 Å². The van der Waals surface area contributed by atoms with Crippen LogP contribution in [0, 0.1) is 12.7 Å². The molecule has 6 heteroatoms. The highest BCUT2D eigenvalue weighted by Crippen LogP contribution is 2.14. The van der Waals surface area contributed by atoms with E-state index < -0.39 is 0 Å². The van der Waals surface area contributed by atoms with Crippen molar-refractivity contribution in [1.29, 1.82) is 0 Å². The molecule has 2 aromatic carbocycles. The summed E-state index contributed by atoms with van der Waals surface area (Å²) in [6, 6.07) is 16.5. The minimum Gasteiger partial charge on any atom is -0.370 e. The van der Waals surface area contributed by atoms with Crippen LogP contribution in [0.15, 0.2) is 54.6 Å². The first-order valence-electron chi connectivity index (χ1n) is 8.91. The van der Waals surface area contributed by atoms with Crippen molar-refractivity contribution in [2.45, 2.75) is 19.8 Å². The molecule has 1 heterocycles. The van der Waals surface area contributed by atoms with Crippen LogP contribution in [0.2, 0.25) is 5.02 Å². The standard InChI is InChI=1S/C21H22ClFN4/c1-15-26-20(24-11-9-16-5-4-7-18(22)13-16)14-21(27-15)25-12-10-17-6-2-3-8-19(17)23/h2-8,13-14H,9-12H2,1H3,(H2,24,25,26,27). The molecule has 0 amide bonds. The second-order valence-electron chi connectivity index (χ2n) is 6.26. The van der Waals surface area contributed by atoms with Crippen molar-refractivity contribution in [3.05, 3.63) is 82.4 Å². The third-order valence-electron chi connectivity index (χ3n) is 4.11. The van der Waals surface area contributed by atoms with Gasteiger partial charge in [0.1, 0.15) is 23.3 Å². The van der Waals surface area contributed by atoms with Crippen LogP contribution in [0.1, 0.15) is 17.0 Å². The summed E-state index contributed by atoms with van der Waals surface area (Å²) in [4.78, 5) is 8.81. The number of nitrogens with one attached hydrogen (secondary N) is 2. The van der Waals surface area contributed by atoms with E-state index in [9.17, 15) is 4.39 Å². The highest BCUT2D eigenvalue weighted by atomic mass is 35.5. The van der Waals surface area contributed by atoms with Gasteiger partial charge in [-0.15, -0.1) is 0 Å². The van der Waals surface area contributed by atoms with Crippen LogP contribution in [0.4, 0.5) is 16.0 Å². The average molecular weight is 385 g/mol. The van der Waals surface area contributed by atoms with Gasteiger partial charge in [-0.2, -0.15) is 0 Å². The molecule has 3 aromatic rings. The lowest BCUT2D eigenvalue weighted by atomic mass is 10.1. The second-order valence-corrected chi connectivity index (χ2v) is 6.70. The van der Waals surface area contributed by atoms with Gasteiger partial charge in [0.15, 0.2) is 0 Å². The third kappa shape index (κ3) is 5.93. The van der Waals surface area contributed by atoms with Crippen molar-refractivity contribution in [2.75, 3.05) is 23.7 Å². The highest BCUT2D eigenvalue weighted by molar-refractivity contribution is 6.30. The number of rotatable bonds is 8. The number of nitrogens with zero attached hydrogens (tertiary/aromatic N) is 2. The van der Waals surface area contributed by atoms with Crippen molar-refractivity contribution < 1.29 is 4.39 Å². The van der Waals surface area contributed by atoms with E-state index in [1.807, 2.05) is 37.3 Å². The molecule has 0 fully saturated rings. The summed E-state index contributed by atoms with van der Waals surface area (Å²) in [6.07, 6.45) is 1.44. The summed E-state index contributed by atoms with van der Waals surface area (Å²) in [7, 11) is 0. The summed E-state index contributed by atoms with van der Waals surface area (Å²) >= 11 is 6.01. The Hall–Kier alpha value is -2.66. The third-order valence-corrected chi connectivity index (χ3v) is 4.34. The zero-order valence-corrected chi connectivity index (χ0v) is 15.9. The molecule has 0 aliphatic rings. The molecule has 0 aliphatic heterocycles. The molecule has 0 saturated carbocycles. The molecule has 0 bridgehead atoms. The molecule has 1 aromatic heterocycles. The number of anilines is 2. The number of aryl methyl sites for hydroxylation is 1. The molecule has 0 atom stereocenters. The van der Waals surface area contributed by atoms with Crippen LogP contribution in [-0.4, -0.2) is 23.1 Å². The molecule has 2 N–H and O–H groups in total. The maximum absolute atomic E-state index is 13.7. The van der Waals surface area contributed by atoms with Crippen LogP contribution in [0.25, 0.3) is 0 Å². The molecular weight excluding hydrogens is 363 g/mol. The minimum absolute atomic E-state index is 0.179. The summed E-state index contributed by atoms with van der Waals surface area (Å²) in [5.74, 6) is 1.99. The average Bonchev–Trinajstić information content (AvgIpc) is 2.63. The Labute approximate surface area is 163 Å². The predicted octanol–water partition coefficient (Wildman–Crippen LogP) is 4.89. The lowest BCUT2D eigenvalue weighted by molar-refractivity contribution is 0.610. The first-order valence-corrected chi connectivity index (χ1v) is 9.29. The summed E-state index contributed by atoms with van der Waals surface area (Å²) < 4.78 is 13.7. The maximum Gasteiger partial charge on any atom is 0.131 e. The van der Waals surface area contributed by atoms with Crippen molar-refractivity contribution in [3.63, 3.8) is 0 Å². The number of hydrogen-bond donors (Lipinski definition) is 2. The molecule has 0 spiro atoms. The van der Waals surface area contributed by atoms with Crippen LogP contribution >= 0.6 is 11.6 Å². The fraction of sp³-hybridized carbons (Fsp3) is 0.238. The topological polar surface area (TPSA) is 49.8 Å². The van der Waals surface area contributed by atoms with E-state index in [-0.39, 0.29) is 5.82 Å². The van der Waals surface area contributed by atoms with Crippen LogP contribution in [-0.2, 0) is 12.8 Å². The first-order chi connectivity index (χ1) is 13.1. The molecule has 0 radical (unpaired) electrons. The monoisotopic (exact) mass is 384 g/mol. The molecule has 0 aliphatic carbocycles. The van der Waals surface area contributed by atoms with Crippen LogP contribution in [0.3, 0.4) is 0 Å². The smallest absolute Gasteiger partial charge is 0.131 e. The van der Waals surface area contributed by atoms with Gasteiger partial charge in [-0.25, -0.2) is 14.4 Å². The number of aromatic nitrogens is 2. The van der Waals surface area contributed by atoms with Crippen molar-refractivity contribution >= 4 is 23.2 Å². The Morgan fingerprint density at radius 2 is 1.59 bits per heavy atom. The Morgan fingerprint density at radius 1 is 0.889 bits per heavy atom. The maximum atomic E-state index is 13.7. The van der Waals surface area contributed by atoms with Gasteiger partial charge in [-0.1, -0.05) is 41.9 Å². The van der Waals surface area contributed by atoms with Crippen molar-refractivity contribution in [1.82, 2.24) is 9.97 Å². The van der Waals surface area contributed by atoms with Crippen molar-refractivity contribution in [3.8, 4) is 0 Å². The SMILES string of the molecule is Cc1nc(NCCc2cccc(Cl)c2)cc(NCCc2ccccc2F)n1. The quantitative estimate of drug-likeness (QED) is 0.580. The van der Waals surface area contributed by atoms with Crippen molar-refractivity contribution in [2.24, 2.45) is 0 Å². The predicted molar refractivity (Wildman–Crippen MR) is 109 cm³/mol. The fourth-order valence-corrected chi connectivity index (χ4v) is 3.02. The Morgan fingerprint density at radius 3 is 2.30 bits per heavy atom. The van der Waals surface area contributed by atoms with Gasteiger partial charge in [0, 0.05) is 24.2 Å². The van der Waals surface area contributed by atoms with Gasteiger partial charge in [0.05, 0.1) is 0 Å². The number of hydrogen-bond acceptors (Lipinski definition) is 4. The van der Waals surface area contributed by atoms with Crippen LogP contribution in [0.5, 0.6) is 0 Å². The normalized spacial score (nSPS) is 10.6. The Kier molecular flexibility index (Phi) is 6.60. The molecule has 4 nitrogen and oxygen atoms in total. The van der Waals surface area contributed by atoms with E-state index in [1.165, 1.54) is 11.6 Å². The Balaban J connectivity index is 1.53. The molecule has 0 saturated heterocycles. The number of benzene rings is 2. The summed E-state index contributed by atoms with van der Waals surface area (Å²) in [5.41, 5.74) is 1.86. The van der Waals surface area contributed by atoms with E-state index >= 15 is 0 Å². The first kappa shape index (κ1) is 19.1. The molecule has 0 unspecified atom stereocenters. The molecule has 3 rings (SSSR count). The van der Waals surface area contributed by atoms with Gasteiger partial charge in [-0.3, -0.25) is 0 Å². The van der Waals surface area contributed by atoms with Crippen LogP contribution < -0.4 is 10.6 Å². The van der Waals surface area contributed by atoms with E-state index in [0.717, 1.165) is 29.6 Å². The van der Waals surface area contributed by atoms with Gasteiger partial charge < -0.3 is 10.6 Å². The zero-order valence-electron chi connectivity index (χ0n) is 15.2.